The van der Waals surface area contributed by atoms with Gasteiger partial charge in [0.1, 0.15) is 17.2 Å². The molecule has 192 valence electrons. The van der Waals surface area contributed by atoms with Gasteiger partial charge in [-0.25, -0.2) is 0 Å². The Balaban J connectivity index is 1.39. The molecular formula is C32H39N4O+. The van der Waals surface area contributed by atoms with Crippen LogP contribution in [0.15, 0.2) is 64.7 Å². The van der Waals surface area contributed by atoms with Crippen molar-refractivity contribution in [3.05, 3.63) is 82.6 Å². The predicted octanol–water partition coefficient (Wildman–Crippen LogP) is 4.27. The number of rotatable bonds is 4. The van der Waals surface area contributed by atoms with Crippen molar-refractivity contribution in [1.82, 2.24) is 5.32 Å². The highest BCUT2D eigenvalue weighted by molar-refractivity contribution is 5.75. The van der Waals surface area contributed by atoms with E-state index in [1.807, 2.05) is 6.07 Å². The number of nitrogens with one attached hydrogen (secondary N) is 1. The average Bonchev–Trinajstić information content (AvgIpc) is 3.12. The van der Waals surface area contributed by atoms with E-state index >= 15 is 0 Å². The third-order valence-electron chi connectivity index (χ3n) is 8.32. The lowest BCUT2D eigenvalue weighted by molar-refractivity contribution is -0.171. The Bertz CT molecular complexity index is 1410. The van der Waals surface area contributed by atoms with Crippen LogP contribution >= 0.6 is 0 Å². The second-order valence-corrected chi connectivity index (χ2v) is 11.2. The van der Waals surface area contributed by atoms with E-state index in [0.29, 0.717) is 0 Å². The van der Waals surface area contributed by atoms with Crippen molar-refractivity contribution in [3.63, 3.8) is 0 Å². The number of anilines is 2. The number of fused-ring (bicyclic) bond motifs is 3. The first-order chi connectivity index (χ1) is 18.0. The van der Waals surface area contributed by atoms with Crippen molar-refractivity contribution in [1.29, 1.82) is 0 Å². The third kappa shape index (κ3) is 4.19. The molecule has 5 aliphatic rings. The normalized spacial score (nSPS) is 21.1. The van der Waals surface area contributed by atoms with Crippen molar-refractivity contribution in [2.24, 2.45) is 0 Å². The maximum absolute atomic E-state index is 6.60. The fourth-order valence-electron chi connectivity index (χ4n) is 6.39. The molecule has 6 rings (SSSR count). The van der Waals surface area contributed by atoms with Gasteiger partial charge >= 0.3 is 0 Å². The largest absolute Gasteiger partial charge is 0.456 e. The smallest absolute Gasteiger partial charge is 0.224 e. The fraction of sp³-hybridized carbons (Fsp3) is 0.406. The van der Waals surface area contributed by atoms with E-state index in [-0.39, 0.29) is 5.41 Å². The van der Waals surface area contributed by atoms with Gasteiger partial charge in [0.15, 0.2) is 0 Å². The summed E-state index contributed by atoms with van der Waals surface area (Å²) >= 11 is 0. The Morgan fingerprint density at radius 2 is 1.84 bits per heavy atom. The monoisotopic (exact) mass is 495 g/mol. The van der Waals surface area contributed by atoms with Crippen LogP contribution in [0.3, 0.4) is 0 Å². The first-order valence-corrected chi connectivity index (χ1v) is 13.9. The molecule has 0 amide bonds. The lowest BCUT2D eigenvalue weighted by Crippen LogP contribution is -2.51. The van der Waals surface area contributed by atoms with Gasteiger partial charge in [-0.2, -0.15) is 0 Å². The van der Waals surface area contributed by atoms with Gasteiger partial charge in [0.05, 0.1) is 6.07 Å². The molecule has 0 atom stereocenters. The van der Waals surface area contributed by atoms with Crippen molar-refractivity contribution < 1.29 is 9.83 Å². The number of hydrogen-bond donors (Lipinski definition) is 2. The zero-order valence-corrected chi connectivity index (χ0v) is 22.4. The van der Waals surface area contributed by atoms with Crippen LogP contribution in [0, 0.1) is 0 Å². The number of nitrogens with zero attached hydrogens (tertiary/aromatic N) is 2. The van der Waals surface area contributed by atoms with E-state index in [1.54, 1.807) is 0 Å². The second kappa shape index (κ2) is 9.53. The van der Waals surface area contributed by atoms with Crippen LogP contribution < -0.4 is 25.9 Å². The molecule has 3 heterocycles. The summed E-state index contributed by atoms with van der Waals surface area (Å²) in [6, 6.07) is 15.4. The first-order valence-electron chi connectivity index (χ1n) is 13.9. The van der Waals surface area contributed by atoms with Gasteiger partial charge in [0, 0.05) is 55.1 Å². The molecule has 0 aromatic heterocycles. The van der Waals surface area contributed by atoms with Crippen LogP contribution in [-0.2, 0) is 11.8 Å². The van der Waals surface area contributed by atoms with E-state index in [1.165, 1.54) is 28.1 Å². The molecule has 3 aliphatic heterocycles. The summed E-state index contributed by atoms with van der Waals surface area (Å²) in [4.78, 5) is 4.89. The average molecular weight is 496 g/mol. The number of benzene rings is 2. The van der Waals surface area contributed by atoms with Crippen LogP contribution in [0.4, 0.5) is 11.4 Å². The highest BCUT2D eigenvalue weighted by Crippen LogP contribution is 2.48. The van der Waals surface area contributed by atoms with Crippen LogP contribution in [0.25, 0.3) is 16.9 Å². The topological polar surface area (TPSA) is 57.2 Å². The quantitative estimate of drug-likeness (QED) is 0.568. The standard InChI is InChI=1S/C32H38N4O/c1-4-16-36-27-11-6-5-10-25(27)32(2,3)30(36)13-12-22-8-7-9-23-19-24-20-28(35-17-14-34-15-18-35)26(33)21-29(24)37-31(22)23/h5-6,10-13,19-21,33-34H,4,7-9,14-18H2,1-3H3/p+1. The summed E-state index contributed by atoms with van der Waals surface area (Å²) < 4.78 is 6.60. The van der Waals surface area contributed by atoms with Gasteiger partial charge in [0.25, 0.3) is 0 Å². The minimum Gasteiger partial charge on any atom is -0.456 e. The fourth-order valence-corrected chi connectivity index (χ4v) is 6.39. The minimum absolute atomic E-state index is 0.0321. The van der Waals surface area contributed by atoms with Crippen molar-refractivity contribution in [2.75, 3.05) is 42.5 Å². The lowest BCUT2D eigenvalue weighted by Gasteiger charge is -2.29. The summed E-state index contributed by atoms with van der Waals surface area (Å²) in [7, 11) is 0. The van der Waals surface area contributed by atoms with Crippen LogP contribution in [0.2, 0.25) is 0 Å². The number of hydrogen-bond acceptors (Lipinski definition) is 4. The molecule has 5 heteroatoms. The molecule has 1 saturated heterocycles. The Hall–Kier alpha value is -3.31. The summed E-state index contributed by atoms with van der Waals surface area (Å²) in [6.45, 7) is 11.9. The second-order valence-electron chi connectivity index (χ2n) is 11.2. The zero-order valence-electron chi connectivity index (χ0n) is 22.4. The highest BCUT2D eigenvalue weighted by atomic mass is 16.3. The molecule has 37 heavy (non-hydrogen) atoms. The lowest BCUT2D eigenvalue weighted by atomic mass is 9.83. The van der Waals surface area contributed by atoms with E-state index in [4.69, 9.17) is 9.83 Å². The van der Waals surface area contributed by atoms with Gasteiger partial charge in [0.2, 0.25) is 5.36 Å². The highest BCUT2D eigenvalue weighted by Gasteiger charge is 2.39. The third-order valence-corrected chi connectivity index (χ3v) is 8.32. The SMILES string of the molecule is CCCN1C(=CC=C2CCCc3cc4cc(N5CCNCC5)c(=[NH2+])cc-4oc32)C(C)(C)c2ccccc21. The molecule has 0 radical (unpaired) electrons. The summed E-state index contributed by atoms with van der Waals surface area (Å²) in [5, 5.41) is 10.8. The van der Waals surface area contributed by atoms with Crippen molar-refractivity contribution >= 4 is 16.9 Å². The Morgan fingerprint density at radius 3 is 2.65 bits per heavy atom. The zero-order chi connectivity index (χ0) is 25.6. The molecule has 1 aromatic rings. The van der Waals surface area contributed by atoms with Gasteiger partial charge in [-0.05, 0) is 66.7 Å². The molecule has 1 fully saturated rings. The molecule has 1 aromatic carbocycles. The molecular weight excluding hydrogens is 456 g/mol. The maximum atomic E-state index is 6.60. The summed E-state index contributed by atoms with van der Waals surface area (Å²) in [5.41, 5.74) is 8.93. The Morgan fingerprint density at radius 1 is 1.03 bits per heavy atom. The molecule has 0 unspecified atom stereocenters. The van der Waals surface area contributed by atoms with Crippen LogP contribution in [-0.4, -0.2) is 32.7 Å². The minimum atomic E-state index is -0.0321. The van der Waals surface area contributed by atoms with Gasteiger partial charge in [-0.3, -0.25) is 5.41 Å². The van der Waals surface area contributed by atoms with Gasteiger partial charge in [-0.1, -0.05) is 45.0 Å². The van der Waals surface area contributed by atoms with Crippen LogP contribution in [0.5, 0.6) is 0 Å². The molecule has 0 saturated carbocycles. The van der Waals surface area contributed by atoms with E-state index in [0.717, 1.165) is 86.5 Å². The van der Waals surface area contributed by atoms with Crippen molar-refractivity contribution in [3.8, 4) is 11.3 Å². The van der Waals surface area contributed by atoms with Crippen LogP contribution in [0.1, 0.15) is 56.9 Å². The summed E-state index contributed by atoms with van der Waals surface area (Å²) in [5.74, 6) is 1.90. The maximum Gasteiger partial charge on any atom is 0.224 e. The molecule has 5 nitrogen and oxygen atoms in total. The first kappa shape index (κ1) is 24.1. The number of piperazine rings is 1. The Kier molecular flexibility index (Phi) is 6.20. The number of para-hydroxylation sites is 1. The predicted molar refractivity (Wildman–Crippen MR) is 152 cm³/mol. The number of allylic oxidation sites excluding steroid dienone is 4. The van der Waals surface area contributed by atoms with Crippen molar-refractivity contribution in [2.45, 2.75) is 51.9 Å². The number of aryl methyl sites for hydroxylation is 1. The van der Waals surface area contributed by atoms with Gasteiger partial charge in [-0.15, -0.1) is 0 Å². The number of nitrogens with two attached hydrogens (primary N) is 1. The van der Waals surface area contributed by atoms with E-state index in [9.17, 15) is 0 Å². The molecule has 0 spiro atoms. The molecule has 3 N–H and O–H groups in total. The summed E-state index contributed by atoms with van der Waals surface area (Å²) in [6.07, 6.45) is 9.00. The molecule has 0 bridgehead atoms. The van der Waals surface area contributed by atoms with Gasteiger partial charge < -0.3 is 19.5 Å². The van der Waals surface area contributed by atoms with E-state index in [2.05, 4.69) is 84.4 Å². The Labute approximate surface area is 220 Å². The van der Waals surface area contributed by atoms with E-state index < -0.39 is 0 Å². The molecule has 2 aliphatic carbocycles.